The second kappa shape index (κ2) is 10.2. The van der Waals surface area contributed by atoms with Crippen molar-refractivity contribution in [3.8, 4) is 0 Å². The number of piperidine rings is 2. The summed E-state index contributed by atoms with van der Waals surface area (Å²) in [6.07, 6.45) is 9.94. The Morgan fingerprint density at radius 1 is 1.06 bits per heavy atom. The maximum absolute atomic E-state index is 12.7. The van der Waals surface area contributed by atoms with E-state index < -0.39 is 0 Å². The van der Waals surface area contributed by atoms with Gasteiger partial charge < -0.3 is 15.1 Å². The lowest BCUT2D eigenvalue weighted by Crippen LogP contribution is -2.42. The largest absolute Gasteiger partial charge is 0.343 e. The highest BCUT2D eigenvalue weighted by atomic mass is 16.2. The van der Waals surface area contributed by atoms with Crippen molar-refractivity contribution < 1.29 is 4.79 Å². The van der Waals surface area contributed by atoms with E-state index in [1.165, 1.54) is 19.3 Å². The van der Waals surface area contributed by atoms with Gasteiger partial charge in [0.1, 0.15) is 11.6 Å². The van der Waals surface area contributed by atoms with Crippen molar-refractivity contribution in [1.29, 1.82) is 0 Å². The zero-order valence-electron chi connectivity index (χ0n) is 18.8. The van der Waals surface area contributed by atoms with E-state index in [1.807, 2.05) is 36.2 Å². The van der Waals surface area contributed by atoms with Crippen molar-refractivity contribution in [3.63, 3.8) is 0 Å². The van der Waals surface area contributed by atoms with Crippen molar-refractivity contribution in [3.05, 3.63) is 42.0 Å². The zero-order valence-corrected chi connectivity index (χ0v) is 18.8. The molecule has 0 saturated carbocycles. The van der Waals surface area contributed by atoms with Crippen LogP contribution in [0.5, 0.6) is 0 Å². The number of hydrogen-bond acceptors (Lipinski definition) is 6. The highest BCUT2D eigenvalue weighted by Gasteiger charge is 2.26. The van der Waals surface area contributed by atoms with E-state index in [1.54, 1.807) is 6.20 Å². The minimum Gasteiger partial charge on any atom is -0.343 e. The molecule has 2 saturated heterocycles. The molecule has 1 N–H and O–H groups in total. The van der Waals surface area contributed by atoms with Crippen molar-refractivity contribution >= 4 is 17.5 Å². The number of nitrogens with one attached hydrogen (secondary N) is 1. The fourth-order valence-corrected chi connectivity index (χ4v) is 4.69. The normalized spacial score (nSPS) is 20.6. The average Bonchev–Trinajstić information content (AvgIpc) is 2.79. The lowest BCUT2D eigenvalue weighted by atomic mass is 9.93. The van der Waals surface area contributed by atoms with Gasteiger partial charge in [-0.3, -0.25) is 9.78 Å². The molecule has 1 atom stereocenters. The van der Waals surface area contributed by atoms with Gasteiger partial charge in [-0.25, -0.2) is 9.97 Å². The zero-order chi connectivity index (χ0) is 21.6. The summed E-state index contributed by atoms with van der Waals surface area (Å²) >= 11 is 0. The van der Waals surface area contributed by atoms with E-state index in [9.17, 15) is 4.79 Å². The standard InChI is InChI=1S/C24H34N6O/c1-18-6-5-8-22(26-18)28-23-17-25-16-21(27-23)20-9-13-30(14-10-20)24(31)11-15-29-12-4-3-7-19(29)2/h5-6,8,16-17,19-20H,3-4,7,9-15H2,1-2H3,(H,26,27,28)/t19-/m0/s1. The molecular formula is C24H34N6O. The molecule has 0 spiro atoms. The number of aryl methyl sites for hydroxylation is 1. The van der Waals surface area contributed by atoms with Gasteiger partial charge in [0.2, 0.25) is 5.91 Å². The Hall–Kier alpha value is -2.54. The first kappa shape index (κ1) is 21.7. The number of nitrogens with zero attached hydrogens (tertiary/aromatic N) is 5. The van der Waals surface area contributed by atoms with Crippen molar-refractivity contribution in [1.82, 2.24) is 24.8 Å². The molecule has 166 valence electrons. The van der Waals surface area contributed by atoms with E-state index in [0.29, 0.717) is 30.1 Å². The molecule has 0 radical (unpaired) electrons. The molecule has 7 nitrogen and oxygen atoms in total. The third kappa shape index (κ3) is 5.79. The van der Waals surface area contributed by atoms with Crippen LogP contribution in [0.1, 0.15) is 62.8 Å². The topological polar surface area (TPSA) is 74.2 Å². The van der Waals surface area contributed by atoms with E-state index in [0.717, 1.165) is 56.2 Å². The number of hydrogen-bond donors (Lipinski definition) is 1. The number of carbonyl (C=O) groups excluding carboxylic acids is 1. The Bertz CT molecular complexity index is 880. The van der Waals surface area contributed by atoms with E-state index in [-0.39, 0.29) is 0 Å². The first-order chi connectivity index (χ1) is 15.1. The maximum atomic E-state index is 12.7. The Morgan fingerprint density at radius 2 is 1.90 bits per heavy atom. The van der Waals surface area contributed by atoms with Gasteiger partial charge in [-0.15, -0.1) is 0 Å². The summed E-state index contributed by atoms with van der Waals surface area (Å²) in [6, 6.07) is 6.48. The van der Waals surface area contributed by atoms with Crippen LogP contribution in [-0.4, -0.2) is 62.9 Å². The fourth-order valence-electron chi connectivity index (χ4n) is 4.69. The summed E-state index contributed by atoms with van der Waals surface area (Å²) in [5.41, 5.74) is 1.95. The number of amides is 1. The lowest BCUT2D eigenvalue weighted by molar-refractivity contribution is -0.132. The van der Waals surface area contributed by atoms with Gasteiger partial charge in [0.15, 0.2) is 0 Å². The first-order valence-corrected chi connectivity index (χ1v) is 11.6. The van der Waals surface area contributed by atoms with Crippen molar-refractivity contribution in [2.24, 2.45) is 0 Å². The Labute approximate surface area is 185 Å². The van der Waals surface area contributed by atoms with Crippen LogP contribution in [0, 0.1) is 6.92 Å². The Balaban J connectivity index is 1.28. The van der Waals surface area contributed by atoms with Crippen LogP contribution in [0.4, 0.5) is 11.6 Å². The van der Waals surface area contributed by atoms with Crippen LogP contribution in [0.3, 0.4) is 0 Å². The number of likely N-dealkylation sites (tertiary alicyclic amines) is 2. The molecule has 0 unspecified atom stereocenters. The smallest absolute Gasteiger partial charge is 0.223 e. The van der Waals surface area contributed by atoms with Crippen LogP contribution in [0.15, 0.2) is 30.6 Å². The molecule has 1 amide bonds. The van der Waals surface area contributed by atoms with Crippen molar-refractivity contribution in [2.45, 2.75) is 64.3 Å². The summed E-state index contributed by atoms with van der Waals surface area (Å²) in [6.45, 7) is 7.89. The Morgan fingerprint density at radius 3 is 2.68 bits per heavy atom. The van der Waals surface area contributed by atoms with Gasteiger partial charge >= 0.3 is 0 Å². The predicted octanol–water partition coefficient (Wildman–Crippen LogP) is 3.89. The number of pyridine rings is 1. The molecule has 31 heavy (non-hydrogen) atoms. The average molecular weight is 423 g/mol. The molecule has 0 aromatic carbocycles. The number of anilines is 2. The second-order valence-electron chi connectivity index (χ2n) is 8.90. The summed E-state index contributed by atoms with van der Waals surface area (Å²) in [5, 5.41) is 3.25. The Kier molecular flexibility index (Phi) is 7.12. The summed E-state index contributed by atoms with van der Waals surface area (Å²) in [5.74, 6) is 2.12. The molecule has 0 aliphatic carbocycles. The predicted molar refractivity (Wildman–Crippen MR) is 122 cm³/mol. The molecule has 4 heterocycles. The van der Waals surface area contributed by atoms with Gasteiger partial charge in [-0.1, -0.05) is 12.5 Å². The second-order valence-corrected chi connectivity index (χ2v) is 8.90. The molecule has 7 heteroatoms. The number of rotatable bonds is 6. The van der Waals surface area contributed by atoms with Crippen molar-refractivity contribution in [2.75, 3.05) is 31.5 Å². The van der Waals surface area contributed by atoms with Crippen LogP contribution in [0.25, 0.3) is 0 Å². The van der Waals surface area contributed by atoms with Gasteiger partial charge in [0.05, 0.1) is 11.9 Å². The van der Waals surface area contributed by atoms with Gasteiger partial charge in [-0.2, -0.15) is 0 Å². The fraction of sp³-hybridized carbons (Fsp3) is 0.583. The molecular weight excluding hydrogens is 388 g/mol. The molecule has 2 aromatic rings. The van der Waals surface area contributed by atoms with Gasteiger partial charge in [0.25, 0.3) is 0 Å². The van der Waals surface area contributed by atoms with Gasteiger partial charge in [-0.05, 0) is 58.2 Å². The first-order valence-electron chi connectivity index (χ1n) is 11.6. The summed E-state index contributed by atoms with van der Waals surface area (Å²) < 4.78 is 0. The maximum Gasteiger partial charge on any atom is 0.223 e. The van der Waals surface area contributed by atoms with Gasteiger partial charge in [0, 0.05) is 49.9 Å². The van der Waals surface area contributed by atoms with Crippen LogP contribution >= 0.6 is 0 Å². The molecule has 2 fully saturated rings. The van der Waals surface area contributed by atoms with E-state index in [2.05, 4.69) is 27.1 Å². The third-order valence-corrected chi connectivity index (χ3v) is 6.62. The molecule has 4 rings (SSSR count). The lowest BCUT2D eigenvalue weighted by Gasteiger charge is -2.35. The third-order valence-electron chi connectivity index (χ3n) is 6.62. The minimum atomic E-state index is 0.295. The minimum absolute atomic E-state index is 0.295. The highest BCUT2D eigenvalue weighted by molar-refractivity contribution is 5.76. The van der Waals surface area contributed by atoms with Crippen LogP contribution in [0.2, 0.25) is 0 Å². The number of aromatic nitrogens is 3. The number of carbonyl (C=O) groups is 1. The van der Waals surface area contributed by atoms with E-state index in [4.69, 9.17) is 4.98 Å². The SMILES string of the molecule is Cc1cccc(Nc2cncc(C3CCN(C(=O)CCN4CCCC[C@@H]4C)CC3)n2)n1. The van der Waals surface area contributed by atoms with Crippen LogP contribution < -0.4 is 5.32 Å². The molecule has 2 aliphatic heterocycles. The van der Waals surface area contributed by atoms with E-state index >= 15 is 0 Å². The monoisotopic (exact) mass is 422 g/mol. The molecule has 2 aromatic heterocycles. The molecule has 0 bridgehead atoms. The summed E-state index contributed by atoms with van der Waals surface area (Å²) in [7, 11) is 0. The van der Waals surface area contributed by atoms with Crippen LogP contribution in [-0.2, 0) is 4.79 Å². The molecule has 2 aliphatic rings. The highest BCUT2D eigenvalue weighted by Crippen LogP contribution is 2.28. The summed E-state index contributed by atoms with van der Waals surface area (Å²) in [4.78, 5) is 30.9. The quantitative estimate of drug-likeness (QED) is 0.761.